The molecule has 0 saturated carbocycles. The van der Waals surface area contributed by atoms with E-state index in [2.05, 4.69) is 20.2 Å². The predicted molar refractivity (Wildman–Crippen MR) is 103 cm³/mol. The zero-order chi connectivity index (χ0) is 19.5. The van der Waals surface area contributed by atoms with Crippen LogP contribution in [0.3, 0.4) is 0 Å². The minimum atomic E-state index is -0.553. The minimum Gasteiger partial charge on any atom is -0.497 e. The SMILES string of the molecule is COc1cccc(OC(C)C(=O)N2CCC(c3[nH]nc4nccnc34)CC2)c1. The van der Waals surface area contributed by atoms with Crippen LogP contribution >= 0.6 is 0 Å². The molecule has 1 aliphatic heterocycles. The Morgan fingerprint density at radius 2 is 1.96 bits per heavy atom. The van der Waals surface area contributed by atoms with Crippen LogP contribution in [0.5, 0.6) is 11.5 Å². The van der Waals surface area contributed by atoms with Crippen LogP contribution in [0.4, 0.5) is 0 Å². The van der Waals surface area contributed by atoms with Crippen LogP contribution in [-0.2, 0) is 4.79 Å². The van der Waals surface area contributed by atoms with Gasteiger partial charge in [0.15, 0.2) is 11.8 Å². The fourth-order valence-electron chi connectivity index (χ4n) is 3.63. The lowest BCUT2D eigenvalue weighted by molar-refractivity contribution is -0.139. The maximum Gasteiger partial charge on any atom is 0.263 e. The Kier molecular flexibility index (Phi) is 5.10. The number of nitrogens with one attached hydrogen (secondary N) is 1. The van der Waals surface area contributed by atoms with Gasteiger partial charge in [-0.3, -0.25) is 9.89 Å². The first-order valence-electron chi connectivity index (χ1n) is 9.40. The normalized spacial score (nSPS) is 16.1. The molecule has 1 unspecified atom stereocenters. The Morgan fingerprint density at radius 1 is 1.21 bits per heavy atom. The van der Waals surface area contributed by atoms with Crippen molar-refractivity contribution in [2.24, 2.45) is 0 Å². The molecule has 1 atom stereocenters. The van der Waals surface area contributed by atoms with Gasteiger partial charge in [0.2, 0.25) is 0 Å². The van der Waals surface area contributed by atoms with E-state index in [4.69, 9.17) is 9.47 Å². The molecule has 3 heterocycles. The molecule has 28 heavy (non-hydrogen) atoms. The van der Waals surface area contributed by atoms with E-state index >= 15 is 0 Å². The van der Waals surface area contributed by atoms with Crippen molar-refractivity contribution in [2.45, 2.75) is 31.8 Å². The summed E-state index contributed by atoms with van der Waals surface area (Å²) in [6, 6.07) is 7.28. The number of fused-ring (bicyclic) bond motifs is 1. The maximum atomic E-state index is 12.8. The highest BCUT2D eigenvalue weighted by atomic mass is 16.5. The van der Waals surface area contributed by atoms with Gasteiger partial charge in [-0.1, -0.05) is 6.07 Å². The molecule has 0 radical (unpaired) electrons. The molecule has 146 valence electrons. The molecule has 1 amide bonds. The van der Waals surface area contributed by atoms with Gasteiger partial charge in [0.1, 0.15) is 17.0 Å². The highest BCUT2D eigenvalue weighted by Gasteiger charge is 2.29. The fourth-order valence-corrected chi connectivity index (χ4v) is 3.63. The van der Waals surface area contributed by atoms with E-state index in [9.17, 15) is 4.79 Å². The van der Waals surface area contributed by atoms with E-state index in [1.807, 2.05) is 23.1 Å². The maximum absolute atomic E-state index is 12.8. The van der Waals surface area contributed by atoms with Crippen molar-refractivity contribution in [2.75, 3.05) is 20.2 Å². The molecule has 3 aromatic rings. The predicted octanol–water partition coefficient (Wildman–Crippen LogP) is 2.54. The Bertz CT molecular complexity index is 965. The lowest BCUT2D eigenvalue weighted by Crippen LogP contribution is -2.44. The molecule has 0 bridgehead atoms. The second-order valence-electron chi connectivity index (χ2n) is 6.90. The largest absolute Gasteiger partial charge is 0.497 e. The average Bonchev–Trinajstić information content (AvgIpc) is 3.17. The van der Waals surface area contributed by atoms with Gasteiger partial charge in [0.25, 0.3) is 5.91 Å². The van der Waals surface area contributed by atoms with Gasteiger partial charge >= 0.3 is 0 Å². The summed E-state index contributed by atoms with van der Waals surface area (Å²) in [5, 5.41) is 7.31. The lowest BCUT2D eigenvalue weighted by atomic mass is 9.93. The molecule has 1 saturated heterocycles. The number of H-pyrrole nitrogens is 1. The molecule has 1 fully saturated rings. The molecular weight excluding hydrogens is 358 g/mol. The third kappa shape index (κ3) is 3.62. The zero-order valence-corrected chi connectivity index (χ0v) is 16.0. The number of hydrogen-bond acceptors (Lipinski definition) is 6. The lowest BCUT2D eigenvalue weighted by Gasteiger charge is -2.33. The van der Waals surface area contributed by atoms with E-state index in [0.29, 0.717) is 36.2 Å². The molecule has 0 spiro atoms. The number of rotatable bonds is 5. The van der Waals surface area contributed by atoms with Gasteiger partial charge in [-0.15, -0.1) is 0 Å². The summed E-state index contributed by atoms with van der Waals surface area (Å²) >= 11 is 0. The Morgan fingerprint density at radius 3 is 2.75 bits per heavy atom. The molecule has 8 heteroatoms. The summed E-state index contributed by atoms with van der Waals surface area (Å²) in [5.74, 6) is 1.61. The van der Waals surface area contributed by atoms with E-state index in [1.54, 1.807) is 32.5 Å². The van der Waals surface area contributed by atoms with Crippen molar-refractivity contribution >= 4 is 17.1 Å². The van der Waals surface area contributed by atoms with E-state index in [0.717, 1.165) is 24.1 Å². The van der Waals surface area contributed by atoms with Crippen molar-refractivity contribution in [3.05, 3.63) is 42.4 Å². The summed E-state index contributed by atoms with van der Waals surface area (Å²) < 4.78 is 11.0. The molecule has 0 aliphatic carbocycles. The molecule has 8 nitrogen and oxygen atoms in total. The highest BCUT2D eigenvalue weighted by Crippen LogP contribution is 2.30. The molecule has 1 N–H and O–H groups in total. The van der Waals surface area contributed by atoms with Gasteiger partial charge in [-0.2, -0.15) is 5.10 Å². The van der Waals surface area contributed by atoms with Gasteiger partial charge in [-0.05, 0) is 31.9 Å². The van der Waals surface area contributed by atoms with Crippen LogP contribution in [0.25, 0.3) is 11.2 Å². The highest BCUT2D eigenvalue weighted by molar-refractivity contribution is 5.81. The van der Waals surface area contributed by atoms with Crippen LogP contribution in [-0.4, -0.2) is 57.3 Å². The summed E-state index contributed by atoms with van der Waals surface area (Å²) in [7, 11) is 1.60. The van der Waals surface area contributed by atoms with E-state index in [-0.39, 0.29) is 5.91 Å². The number of ether oxygens (including phenoxy) is 2. The third-order valence-electron chi connectivity index (χ3n) is 5.13. The van der Waals surface area contributed by atoms with Gasteiger partial charge in [0, 0.05) is 37.5 Å². The summed E-state index contributed by atoms with van der Waals surface area (Å²) in [5.41, 5.74) is 2.47. The van der Waals surface area contributed by atoms with E-state index < -0.39 is 6.10 Å². The topological polar surface area (TPSA) is 93.2 Å². The molecule has 1 aromatic carbocycles. The second-order valence-corrected chi connectivity index (χ2v) is 6.90. The zero-order valence-electron chi connectivity index (χ0n) is 16.0. The number of amides is 1. The molecule has 1 aliphatic rings. The van der Waals surface area contributed by atoms with Crippen molar-refractivity contribution in [3.63, 3.8) is 0 Å². The third-order valence-corrected chi connectivity index (χ3v) is 5.13. The van der Waals surface area contributed by atoms with Crippen molar-refractivity contribution in [3.8, 4) is 11.5 Å². The first-order chi connectivity index (χ1) is 13.7. The van der Waals surface area contributed by atoms with Crippen molar-refractivity contribution in [1.82, 2.24) is 25.1 Å². The number of carbonyl (C=O) groups is 1. The number of aromatic amines is 1. The van der Waals surface area contributed by atoms with Crippen molar-refractivity contribution < 1.29 is 14.3 Å². The number of nitrogens with zero attached hydrogens (tertiary/aromatic N) is 4. The number of aromatic nitrogens is 4. The summed E-state index contributed by atoms with van der Waals surface area (Å²) in [6.45, 7) is 3.14. The number of hydrogen-bond donors (Lipinski definition) is 1. The quantitative estimate of drug-likeness (QED) is 0.730. The number of benzene rings is 1. The number of methoxy groups -OCH3 is 1. The fraction of sp³-hybridized carbons (Fsp3) is 0.400. The standard InChI is InChI=1S/C20H23N5O3/c1-13(28-16-5-3-4-15(12-16)27-2)20(26)25-10-6-14(7-11-25)17-18-19(24-23-17)22-9-8-21-18/h3-5,8-9,12-14H,6-7,10-11H2,1-2H3,(H,22,23,24). The first kappa shape index (κ1) is 18.2. The smallest absolute Gasteiger partial charge is 0.263 e. The van der Waals surface area contributed by atoms with Crippen LogP contribution in [0.1, 0.15) is 31.4 Å². The van der Waals surface area contributed by atoms with Gasteiger partial charge < -0.3 is 14.4 Å². The Hall–Kier alpha value is -3.16. The number of likely N-dealkylation sites (tertiary alicyclic amines) is 1. The monoisotopic (exact) mass is 381 g/mol. The summed E-state index contributed by atoms with van der Waals surface area (Å²) in [4.78, 5) is 23.3. The Balaban J connectivity index is 1.37. The molecule has 4 rings (SSSR count). The number of carbonyl (C=O) groups excluding carboxylic acids is 1. The second kappa shape index (κ2) is 7.84. The van der Waals surface area contributed by atoms with Crippen LogP contribution in [0.2, 0.25) is 0 Å². The van der Waals surface area contributed by atoms with E-state index in [1.165, 1.54) is 0 Å². The van der Waals surface area contributed by atoms with Gasteiger partial charge in [-0.25, -0.2) is 9.97 Å². The number of piperidine rings is 1. The van der Waals surface area contributed by atoms with Crippen LogP contribution in [0.15, 0.2) is 36.7 Å². The first-order valence-corrected chi connectivity index (χ1v) is 9.40. The van der Waals surface area contributed by atoms with Gasteiger partial charge in [0.05, 0.1) is 12.8 Å². The Labute approximate surface area is 162 Å². The summed E-state index contributed by atoms with van der Waals surface area (Å²) in [6.07, 6.45) is 4.47. The molecule has 2 aromatic heterocycles. The average molecular weight is 381 g/mol. The van der Waals surface area contributed by atoms with Crippen LogP contribution in [0, 0.1) is 0 Å². The molecular formula is C20H23N5O3. The van der Waals surface area contributed by atoms with Crippen molar-refractivity contribution in [1.29, 1.82) is 0 Å². The minimum absolute atomic E-state index is 0.00414. The van der Waals surface area contributed by atoms with Crippen LogP contribution < -0.4 is 9.47 Å².